The van der Waals surface area contributed by atoms with Gasteiger partial charge in [-0.05, 0) is 12.1 Å². The molecule has 0 atom stereocenters. The van der Waals surface area contributed by atoms with E-state index in [1.807, 2.05) is 6.07 Å². The molecule has 15 heavy (non-hydrogen) atoms. The molecule has 0 radical (unpaired) electrons. The number of ether oxygens (including phenoxy) is 1. The lowest BCUT2D eigenvalue weighted by Gasteiger charge is -2.04. The molecule has 6 heteroatoms. The first-order valence-corrected chi connectivity index (χ1v) is 4.42. The van der Waals surface area contributed by atoms with Gasteiger partial charge in [0, 0.05) is 0 Å². The van der Waals surface area contributed by atoms with Crippen molar-refractivity contribution in [1.29, 1.82) is 5.26 Å². The summed E-state index contributed by atoms with van der Waals surface area (Å²) in [6.07, 6.45) is 0. The molecule has 0 saturated heterocycles. The van der Waals surface area contributed by atoms with E-state index in [1.165, 1.54) is 19.2 Å². The molecule has 0 saturated carbocycles. The van der Waals surface area contributed by atoms with E-state index in [9.17, 15) is 4.79 Å². The highest BCUT2D eigenvalue weighted by atomic mass is 35.5. The first-order chi connectivity index (χ1) is 7.15. The van der Waals surface area contributed by atoms with Crippen LogP contribution in [0.25, 0.3) is 0 Å². The van der Waals surface area contributed by atoms with Gasteiger partial charge < -0.3 is 10.1 Å². The Bertz CT molecular complexity index is 414. The number of carbonyl (C=O) groups excluding carboxylic acids is 1. The van der Waals surface area contributed by atoms with Gasteiger partial charge in [-0.25, -0.2) is 4.98 Å². The van der Waals surface area contributed by atoms with Crippen molar-refractivity contribution in [3.8, 4) is 6.07 Å². The maximum absolute atomic E-state index is 10.8. The largest absolute Gasteiger partial charge is 0.468 e. The van der Waals surface area contributed by atoms with Gasteiger partial charge in [0.25, 0.3) is 0 Å². The Balaban J connectivity index is 2.74. The highest BCUT2D eigenvalue weighted by Crippen LogP contribution is 2.13. The molecular weight excluding hydrogens is 218 g/mol. The van der Waals surface area contributed by atoms with Crippen molar-refractivity contribution in [3.63, 3.8) is 0 Å². The van der Waals surface area contributed by atoms with E-state index < -0.39 is 5.97 Å². The SMILES string of the molecule is COC(=O)CNc1cc(C#N)cc(Cl)n1. The molecule has 0 fully saturated rings. The molecule has 1 N–H and O–H groups in total. The average molecular weight is 226 g/mol. The lowest BCUT2D eigenvalue weighted by Crippen LogP contribution is -2.15. The summed E-state index contributed by atoms with van der Waals surface area (Å²) in [6.45, 7) is -0.0191. The lowest BCUT2D eigenvalue weighted by atomic mass is 10.3. The molecule has 0 bridgehead atoms. The van der Waals surface area contributed by atoms with Crippen LogP contribution in [0.5, 0.6) is 0 Å². The molecule has 0 amide bonds. The number of carbonyl (C=O) groups is 1. The Labute approximate surface area is 91.6 Å². The molecule has 5 nitrogen and oxygen atoms in total. The summed E-state index contributed by atoms with van der Waals surface area (Å²) in [5.41, 5.74) is 0.377. The van der Waals surface area contributed by atoms with Gasteiger partial charge in [0.15, 0.2) is 0 Å². The first kappa shape index (κ1) is 11.3. The molecule has 1 aromatic rings. The van der Waals surface area contributed by atoms with Gasteiger partial charge >= 0.3 is 5.97 Å². The van der Waals surface area contributed by atoms with Crippen molar-refractivity contribution in [2.24, 2.45) is 0 Å². The molecule has 0 aromatic carbocycles. The highest BCUT2D eigenvalue weighted by molar-refractivity contribution is 6.29. The topological polar surface area (TPSA) is 75.0 Å². The van der Waals surface area contributed by atoms with Crippen LogP contribution in [0, 0.1) is 11.3 Å². The van der Waals surface area contributed by atoms with Crippen LogP contribution in [0.15, 0.2) is 12.1 Å². The number of hydrogen-bond acceptors (Lipinski definition) is 5. The van der Waals surface area contributed by atoms with Gasteiger partial charge in [0.1, 0.15) is 17.5 Å². The van der Waals surface area contributed by atoms with Crippen molar-refractivity contribution >= 4 is 23.4 Å². The lowest BCUT2D eigenvalue weighted by molar-refractivity contribution is -0.138. The second kappa shape index (κ2) is 5.17. The van der Waals surface area contributed by atoms with Crippen molar-refractivity contribution in [1.82, 2.24) is 4.98 Å². The fraction of sp³-hybridized carbons (Fsp3) is 0.222. The van der Waals surface area contributed by atoms with E-state index in [4.69, 9.17) is 16.9 Å². The minimum absolute atomic E-state index is 0.0191. The van der Waals surface area contributed by atoms with E-state index in [2.05, 4.69) is 15.0 Å². The van der Waals surface area contributed by atoms with Crippen LogP contribution in [0.1, 0.15) is 5.56 Å². The molecular formula is C9H8ClN3O2. The van der Waals surface area contributed by atoms with Crippen molar-refractivity contribution < 1.29 is 9.53 Å². The number of nitrogens with one attached hydrogen (secondary N) is 1. The number of aromatic nitrogens is 1. The minimum atomic E-state index is -0.421. The van der Waals surface area contributed by atoms with Gasteiger partial charge in [-0.1, -0.05) is 11.6 Å². The predicted octanol–water partition coefficient (Wildman–Crippen LogP) is 1.19. The summed E-state index contributed by atoms with van der Waals surface area (Å²) >= 11 is 5.66. The van der Waals surface area contributed by atoms with Gasteiger partial charge in [-0.2, -0.15) is 5.26 Å². The zero-order valence-corrected chi connectivity index (χ0v) is 8.71. The summed E-state index contributed by atoms with van der Waals surface area (Å²) in [5, 5.41) is 11.5. The minimum Gasteiger partial charge on any atom is -0.468 e. The normalized spacial score (nSPS) is 9.13. The van der Waals surface area contributed by atoms with Gasteiger partial charge in [0.05, 0.1) is 18.7 Å². The Morgan fingerprint density at radius 1 is 1.73 bits per heavy atom. The van der Waals surface area contributed by atoms with E-state index in [1.54, 1.807) is 0 Å². The third-order valence-corrected chi connectivity index (χ3v) is 1.76. The van der Waals surface area contributed by atoms with E-state index >= 15 is 0 Å². The first-order valence-electron chi connectivity index (χ1n) is 4.04. The Kier molecular flexibility index (Phi) is 3.89. The molecule has 0 aliphatic heterocycles. The van der Waals surface area contributed by atoms with Crippen molar-refractivity contribution in [2.45, 2.75) is 0 Å². The fourth-order valence-corrected chi connectivity index (χ4v) is 1.10. The number of esters is 1. The van der Waals surface area contributed by atoms with E-state index in [0.29, 0.717) is 11.4 Å². The molecule has 0 unspecified atom stereocenters. The van der Waals surface area contributed by atoms with Crippen LogP contribution in [0.3, 0.4) is 0 Å². The molecule has 0 aliphatic carbocycles. The van der Waals surface area contributed by atoms with Crippen LogP contribution < -0.4 is 5.32 Å². The maximum atomic E-state index is 10.8. The number of methoxy groups -OCH3 is 1. The summed E-state index contributed by atoms with van der Waals surface area (Å²) in [4.78, 5) is 14.7. The summed E-state index contributed by atoms with van der Waals surface area (Å²) in [6, 6.07) is 4.86. The molecule has 0 aliphatic rings. The Morgan fingerprint density at radius 2 is 2.47 bits per heavy atom. The summed E-state index contributed by atoms with van der Waals surface area (Å²) in [7, 11) is 1.29. The summed E-state index contributed by atoms with van der Waals surface area (Å²) < 4.78 is 4.43. The molecule has 1 heterocycles. The highest BCUT2D eigenvalue weighted by Gasteiger charge is 2.03. The van der Waals surface area contributed by atoms with Crippen LogP contribution in [-0.2, 0) is 9.53 Å². The average Bonchev–Trinajstić information content (AvgIpc) is 2.25. The number of anilines is 1. The second-order valence-electron chi connectivity index (χ2n) is 2.61. The second-order valence-corrected chi connectivity index (χ2v) is 2.99. The zero-order valence-electron chi connectivity index (χ0n) is 7.95. The van der Waals surface area contributed by atoms with Gasteiger partial charge in [-0.15, -0.1) is 0 Å². The Morgan fingerprint density at radius 3 is 3.07 bits per heavy atom. The van der Waals surface area contributed by atoms with Crippen molar-refractivity contribution in [2.75, 3.05) is 19.0 Å². The van der Waals surface area contributed by atoms with E-state index in [-0.39, 0.29) is 11.7 Å². The summed E-state index contributed by atoms with van der Waals surface area (Å²) in [5.74, 6) is -0.0558. The smallest absolute Gasteiger partial charge is 0.325 e. The predicted molar refractivity (Wildman–Crippen MR) is 54.5 cm³/mol. The standard InChI is InChI=1S/C9H8ClN3O2/c1-15-9(14)5-12-8-3-6(4-11)2-7(10)13-8/h2-3H,5H2,1H3,(H,12,13). The monoisotopic (exact) mass is 225 g/mol. The number of rotatable bonds is 3. The van der Waals surface area contributed by atoms with Gasteiger partial charge in [-0.3, -0.25) is 4.79 Å². The van der Waals surface area contributed by atoms with Crippen LogP contribution in [-0.4, -0.2) is 24.6 Å². The number of nitrogens with zero attached hydrogens (tertiary/aromatic N) is 2. The zero-order chi connectivity index (χ0) is 11.3. The van der Waals surface area contributed by atoms with Gasteiger partial charge in [0.2, 0.25) is 0 Å². The van der Waals surface area contributed by atoms with Crippen LogP contribution >= 0.6 is 11.6 Å². The van der Waals surface area contributed by atoms with Crippen molar-refractivity contribution in [3.05, 3.63) is 22.8 Å². The molecule has 1 aromatic heterocycles. The number of halogens is 1. The van der Waals surface area contributed by atoms with Crippen LogP contribution in [0.2, 0.25) is 5.15 Å². The van der Waals surface area contributed by atoms with E-state index in [0.717, 1.165) is 0 Å². The number of nitriles is 1. The third kappa shape index (κ3) is 3.44. The maximum Gasteiger partial charge on any atom is 0.325 e. The molecule has 1 rings (SSSR count). The Hall–Kier alpha value is -1.80. The molecule has 78 valence electrons. The fourth-order valence-electron chi connectivity index (χ4n) is 0.887. The number of hydrogen-bond donors (Lipinski definition) is 1. The third-order valence-electron chi connectivity index (χ3n) is 1.56. The number of pyridine rings is 1. The van der Waals surface area contributed by atoms with Crippen LogP contribution in [0.4, 0.5) is 5.82 Å². The quantitative estimate of drug-likeness (QED) is 0.618. The molecule has 0 spiro atoms.